The van der Waals surface area contributed by atoms with Gasteiger partial charge in [0.1, 0.15) is 5.75 Å². The van der Waals surface area contributed by atoms with Gasteiger partial charge in [-0.05, 0) is 29.2 Å². The van der Waals surface area contributed by atoms with Crippen LogP contribution in [-0.4, -0.2) is 13.5 Å². The molecule has 0 radical (unpaired) electrons. The fourth-order valence-electron chi connectivity index (χ4n) is 1.18. The first-order valence-corrected chi connectivity index (χ1v) is 6.03. The van der Waals surface area contributed by atoms with Crippen LogP contribution in [0.4, 0.5) is 0 Å². The highest BCUT2D eigenvalue weighted by molar-refractivity contribution is 7.89. The number of nitrogens with two attached hydrogens (primary N) is 1. The topological polar surface area (TPSA) is 80.4 Å². The third kappa shape index (κ3) is 2.94. The Kier molecular flexibility index (Phi) is 2.80. The van der Waals surface area contributed by atoms with Gasteiger partial charge in [-0.3, -0.25) is 0 Å². The molecule has 0 spiro atoms. The molecule has 15 heavy (non-hydrogen) atoms. The van der Waals surface area contributed by atoms with Crippen LogP contribution in [0.3, 0.4) is 0 Å². The lowest BCUT2D eigenvalue weighted by molar-refractivity contribution is 0.468. The van der Waals surface area contributed by atoms with E-state index in [-0.39, 0.29) is 16.1 Å². The van der Waals surface area contributed by atoms with E-state index >= 15 is 0 Å². The van der Waals surface area contributed by atoms with Gasteiger partial charge in [-0.15, -0.1) is 0 Å². The van der Waals surface area contributed by atoms with Crippen LogP contribution in [-0.2, 0) is 15.4 Å². The van der Waals surface area contributed by atoms with Gasteiger partial charge in [0.2, 0.25) is 10.0 Å². The second kappa shape index (κ2) is 3.50. The molecule has 1 rings (SSSR count). The van der Waals surface area contributed by atoms with Crippen molar-refractivity contribution >= 4 is 10.0 Å². The van der Waals surface area contributed by atoms with Gasteiger partial charge in [0.25, 0.3) is 0 Å². The lowest BCUT2D eigenvalue weighted by Gasteiger charge is -2.19. The van der Waals surface area contributed by atoms with Crippen LogP contribution in [0.1, 0.15) is 26.3 Å². The Hall–Kier alpha value is -1.07. The maximum atomic E-state index is 11.1. The van der Waals surface area contributed by atoms with E-state index in [1.54, 1.807) is 0 Å². The van der Waals surface area contributed by atoms with E-state index in [1.165, 1.54) is 12.1 Å². The van der Waals surface area contributed by atoms with Crippen LogP contribution >= 0.6 is 0 Å². The number of phenolic OH excluding ortho intramolecular Hbond substituents is 1. The highest BCUT2D eigenvalue weighted by atomic mass is 32.2. The monoisotopic (exact) mass is 229 g/mol. The number of sulfonamides is 1. The fraction of sp³-hybridized carbons (Fsp3) is 0.400. The van der Waals surface area contributed by atoms with E-state index in [9.17, 15) is 13.5 Å². The molecule has 1 aromatic carbocycles. The second-order valence-corrected chi connectivity index (χ2v) is 6.07. The molecule has 3 N–H and O–H groups in total. The molecule has 0 saturated heterocycles. The molecule has 0 heterocycles. The van der Waals surface area contributed by atoms with E-state index in [0.29, 0.717) is 0 Å². The minimum atomic E-state index is -3.77. The van der Waals surface area contributed by atoms with Crippen LogP contribution in [0.25, 0.3) is 0 Å². The van der Waals surface area contributed by atoms with Gasteiger partial charge in [0.05, 0.1) is 4.90 Å². The summed E-state index contributed by atoms with van der Waals surface area (Å²) in [5.41, 5.74) is 0.490. The Bertz CT molecular complexity index is 472. The van der Waals surface area contributed by atoms with Gasteiger partial charge >= 0.3 is 0 Å². The summed E-state index contributed by atoms with van der Waals surface area (Å²) in [6.45, 7) is 5.78. The van der Waals surface area contributed by atoms with Crippen molar-refractivity contribution in [1.29, 1.82) is 0 Å². The lowest BCUT2D eigenvalue weighted by Crippen LogP contribution is -2.15. The standard InChI is InChI=1S/C10H15NO3S/c1-10(2,3)7-4-8(12)6-9(5-7)15(11,13)14/h4-6,12H,1-3H3,(H2,11,13,14). The first-order valence-electron chi connectivity index (χ1n) is 4.48. The largest absolute Gasteiger partial charge is 0.508 e. The smallest absolute Gasteiger partial charge is 0.238 e. The van der Waals surface area contributed by atoms with Crippen LogP contribution in [0.5, 0.6) is 5.75 Å². The molecule has 0 saturated carbocycles. The minimum absolute atomic E-state index is 0.0626. The van der Waals surface area contributed by atoms with Gasteiger partial charge in [-0.2, -0.15) is 0 Å². The van der Waals surface area contributed by atoms with Crippen molar-refractivity contribution in [3.8, 4) is 5.75 Å². The molecule has 0 aliphatic heterocycles. The van der Waals surface area contributed by atoms with E-state index in [4.69, 9.17) is 5.14 Å². The summed E-state index contributed by atoms with van der Waals surface area (Å²) in [6.07, 6.45) is 0. The summed E-state index contributed by atoms with van der Waals surface area (Å²) < 4.78 is 22.3. The SMILES string of the molecule is CC(C)(C)c1cc(O)cc(S(N)(=O)=O)c1. The van der Waals surface area contributed by atoms with E-state index in [1.807, 2.05) is 20.8 Å². The number of benzene rings is 1. The van der Waals surface area contributed by atoms with E-state index in [0.717, 1.165) is 11.6 Å². The van der Waals surface area contributed by atoms with Crippen molar-refractivity contribution in [2.75, 3.05) is 0 Å². The molecule has 0 atom stereocenters. The van der Waals surface area contributed by atoms with Crippen LogP contribution in [0, 0.1) is 0 Å². The Morgan fingerprint density at radius 3 is 2.13 bits per heavy atom. The molecule has 0 bridgehead atoms. The average Bonchev–Trinajstić information content (AvgIpc) is 1.99. The molecular weight excluding hydrogens is 214 g/mol. The molecule has 5 heteroatoms. The molecule has 0 aromatic heterocycles. The molecule has 0 aliphatic rings. The maximum Gasteiger partial charge on any atom is 0.238 e. The van der Waals surface area contributed by atoms with Gasteiger partial charge in [-0.25, -0.2) is 13.6 Å². The van der Waals surface area contributed by atoms with Crippen molar-refractivity contribution in [2.24, 2.45) is 5.14 Å². The molecule has 0 fully saturated rings. The van der Waals surface area contributed by atoms with Crippen molar-refractivity contribution in [3.63, 3.8) is 0 Å². The zero-order chi connectivity index (χ0) is 11.9. The number of phenols is 1. The van der Waals surface area contributed by atoms with Crippen LogP contribution in [0.15, 0.2) is 23.1 Å². The number of hydrogen-bond acceptors (Lipinski definition) is 3. The first-order chi connectivity index (χ1) is 6.60. The Labute approximate surface area is 89.8 Å². The van der Waals surface area contributed by atoms with Crippen LogP contribution < -0.4 is 5.14 Å². The molecule has 84 valence electrons. The molecule has 4 nitrogen and oxygen atoms in total. The van der Waals surface area contributed by atoms with Crippen molar-refractivity contribution in [2.45, 2.75) is 31.1 Å². The Morgan fingerprint density at radius 1 is 1.20 bits per heavy atom. The molecule has 0 aliphatic carbocycles. The maximum absolute atomic E-state index is 11.1. The van der Waals surface area contributed by atoms with E-state index in [2.05, 4.69) is 0 Å². The Morgan fingerprint density at radius 2 is 1.73 bits per heavy atom. The molecule has 1 aromatic rings. The summed E-state index contributed by atoms with van der Waals surface area (Å²) in [5.74, 6) is -0.0912. The predicted octanol–water partition coefficient (Wildman–Crippen LogP) is 1.34. The number of primary sulfonamides is 1. The van der Waals surface area contributed by atoms with E-state index < -0.39 is 10.0 Å². The Balaban J connectivity index is 3.43. The zero-order valence-corrected chi connectivity index (χ0v) is 9.80. The zero-order valence-electron chi connectivity index (χ0n) is 8.98. The molecule has 0 unspecified atom stereocenters. The summed E-state index contributed by atoms with van der Waals surface area (Å²) in [4.78, 5) is -0.0626. The van der Waals surface area contributed by atoms with Gasteiger partial charge in [0.15, 0.2) is 0 Å². The number of aromatic hydroxyl groups is 1. The summed E-state index contributed by atoms with van der Waals surface area (Å²) in [5, 5.41) is 14.4. The second-order valence-electron chi connectivity index (χ2n) is 4.51. The highest BCUT2D eigenvalue weighted by Crippen LogP contribution is 2.28. The lowest BCUT2D eigenvalue weighted by atomic mass is 9.87. The number of hydrogen-bond donors (Lipinski definition) is 2. The van der Waals surface area contributed by atoms with Crippen molar-refractivity contribution < 1.29 is 13.5 Å². The van der Waals surface area contributed by atoms with Crippen molar-refractivity contribution in [3.05, 3.63) is 23.8 Å². The minimum Gasteiger partial charge on any atom is -0.508 e. The summed E-state index contributed by atoms with van der Waals surface area (Å²) in [6, 6.07) is 4.16. The fourth-order valence-corrected chi connectivity index (χ4v) is 1.76. The molecular formula is C10H15NO3S. The van der Waals surface area contributed by atoms with Gasteiger partial charge < -0.3 is 5.11 Å². The quantitative estimate of drug-likeness (QED) is 0.762. The van der Waals surface area contributed by atoms with Crippen LogP contribution in [0.2, 0.25) is 0 Å². The van der Waals surface area contributed by atoms with Gasteiger partial charge in [0, 0.05) is 0 Å². The predicted molar refractivity (Wildman–Crippen MR) is 58.2 cm³/mol. The third-order valence-corrected chi connectivity index (χ3v) is 2.98. The van der Waals surface area contributed by atoms with Crippen molar-refractivity contribution in [1.82, 2.24) is 0 Å². The normalized spacial score (nSPS) is 12.8. The summed E-state index contributed by atoms with van der Waals surface area (Å²) >= 11 is 0. The highest BCUT2D eigenvalue weighted by Gasteiger charge is 2.18. The number of rotatable bonds is 1. The summed E-state index contributed by atoms with van der Waals surface area (Å²) in [7, 11) is -3.77. The van der Waals surface area contributed by atoms with Gasteiger partial charge in [-0.1, -0.05) is 20.8 Å². The third-order valence-electron chi connectivity index (χ3n) is 2.09. The molecule has 0 amide bonds. The first kappa shape index (κ1) is 12.0. The average molecular weight is 229 g/mol.